The maximum absolute atomic E-state index is 13.6. The number of alkyl halides is 3. The van der Waals surface area contributed by atoms with Crippen molar-refractivity contribution >= 4 is 27.1 Å². The lowest BCUT2D eigenvalue weighted by Gasteiger charge is -2.27. The van der Waals surface area contributed by atoms with Crippen LogP contribution in [0.4, 0.5) is 13.2 Å². The third kappa shape index (κ3) is 5.46. The molecule has 1 aromatic rings. The highest BCUT2D eigenvalue weighted by Gasteiger charge is 2.48. The van der Waals surface area contributed by atoms with E-state index in [9.17, 15) is 26.4 Å². The normalized spacial score (nSPS) is 20.8. The van der Waals surface area contributed by atoms with Crippen molar-refractivity contribution < 1.29 is 26.4 Å². The molecule has 0 aromatic carbocycles. The summed E-state index contributed by atoms with van der Waals surface area (Å²) in [6.07, 6.45) is -2.40. The van der Waals surface area contributed by atoms with Crippen molar-refractivity contribution in [3.8, 4) is 6.07 Å². The highest BCUT2D eigenvalue weighted by molar-refractivity contribution is 7.91. The number of hydrogen-bond donors (Lipinski definition) is 2. The number of carbonyl (C=O) groups is 1. The Bertz CT molecular complexity index is 854. The van der Waals surface area contributed by atoms with Crippen molar-refractivity contribution in [3.63, 3.8) is 0 Å². The Balaban J connectivity index is 1.81. The van der Waals surface area contributed by atoms with Gasteiger partial charge < -0.3 is 5.32 Å². The van der Waals surface area contributed by atoms with E-state index in [0.29, 0.717) is 12.8 Å². The van der Waals surface area contributed by atoms with Gasteiger partial charge in [0.25, 0.3) is 0 Å². The van der Waals surface area contributed by atoms with Crippen molar-refractivity contribution in [2.24, 2.45) is 5.92 Å². The topological polar surface area (TPSA) is 99.1 Å². The van der Waals surface area contributed by atoms with Crippen LogP contribution in [0.15, 0.2) is 16.8 Å². The summed E-state index contributed by atoms with van der Waals surface area (Å²) in [4.78, 5) is 12.6. The summed E-state index contributed by atoms with van der Waals surface area (Å²) in [6, 6.07) is -0.584. The van der Waals surface area contributed by atoms with Gasteiger partial charge in [-0.15, -0.1) is 0 Å². The van der Waals surface area contributed by atoms with E-state index in [-0.39, 0.29) is 17.2 Å². The SMILES string of the molecule is N#CC1(NC(=O)C(CS(=O)(=O)CC2CC2)N[C@H](c2ccsc2)C(F)(F)F)CC1. The standard InChI is InChI=1S/C17H20F3N3O3S2/c18-17(19,20)14(12-3-6-27-7-12)22-13(9-28(25,26)8-11-1-2-11)15(24)23-16(10-21)4-5-16/h3,6-7,11,13-14,22H,1-2,4-5,8-9H2,(H,23,24)/t13?,14-/m1/s1. The van der Waals surface area contributed by atoms with Crippen LogP contribution in [0.3, 0.4) is 0 Å². The largest absolute Gasteiger partial charge is 0.407 e. The molecule has 0 radical (unpaired) electrons. The van der Waals surface area contributed by atoms with Crippen LogP contribution in [0.1, 0.15) is 37.3 Å². The molecule has 28 heavy (non-hydrogen) atoms. The number of halogens is 3. The molecule has 0 saturated heterocycles. The number of thiophene rings is 1. The van der Waals surface area contributed by atoms with Gasteiger partial charge in [-0.1, -0.05) is 0 Å². The predicted octanol–water partition coefficient (Wildman–Crippen LogP) is 2.31. The van der Waals surface area contributed by atoms with Crippen LogP contribution in [-0.4, -0.2) is 43.6 Å². The Morgan fingerprint density at radius 2 is 2.07 bits per heavy atom. The highest BCUT2D eigenvalue weighted by Crippen LogP contribution is 2.36. The smallest absolute Gasteiger partial charge is 0.336 e. The van der Waals surface area contributed by atoms with Crippen molar-refractivity contribution in [2.75, 3.05) is 11.5 Å². The van der Waals surface area contributed by atoms with Crippen LogP contribution < -0.4 is 10.6 Å². The molecule has 154 valence electrons. The molecule has 2 aliphatic rings. The summed E-state index contributed by atoms with van der Waals surface area (Å²) in [7, 11) is -3.74. The van der Waals surface area contributed by atoms with Crippen LogP contribution in [0.5, 0.6) is 0 Å². The van der Waals surface area contributed by atoms with E-state index in [0.717, 1.165) is 24.2 Å². The zero-order chi connectivity index (χ0) is 20.6. The fourth-order valence-corrected chi connectivity index (χ4v) is 5.53. The average molecular weight is 435 g/mol. The molecule has 1 amide bonds. The average Bonchev–Trinajstić information content (AvgIpc) is 3.50. The number of amides is 1. The van der Waals surface area contributed by atoms with Crippen LogP contribution in [0.2, 0.25) is 0 Å². The minimum absolute atomic E-state index is 0.0119. The molecular weight excluding hydrogens is 415 g/mol. The van der Waals surface area contributed by atoms with Gasteiger partial charge in [-0.3, -0.25) is 10.1 Å². The zero-order valence-electron chi connectivity index (χ0n) is 14.8. The first-order valence-electron chi connectivity index (χ1n) is 8.82. The first-order chi connectivity index (χ1) is 13.0. The summed E-state index contributed by atoms with van der Waals surface area (Å²) >= 11 is 1.07. The monoisotopic (exact) mass is 435 g/mol. The molecular formula is C17H20F3N3O3S2. The number of nitriles is 1. The van der Waals surface area contributed by atoms with Crippen LogP contribution in [0.25, 0.3) is 0 Å². The second-order valence-corrected chi connectivity index (χ2v) is 10.4. The van der Waals surface area contributed by atoms with E-state index in [1.54, 1.807) is 0 Å². The van der Waals surface area contributed by atoms with E-state index in [1.165, 1.54) is 16.8 Å². The second kappa shape index (κ2) is 7.65. The van der Waals surface area contributed by atoms with Gasteiger partial charge >= 0.3 is 6.18 Å². The molecule has 0 spiro atoms. The molecule has 0 aliphatic heterocycles. The Hall–Kier alpha value is -1.64. The number of carbonyl (C=O) groups excluding carboxylic acids is 1. The maximum Gasteiger partial charge on any atom is 0.407 e. The molecule has 11 heteroatoms. The van der Waals surface area contributed by atoms with Gasteiger partial charge in [-0.2, -0.15) is 29.8 Å². The lowest BCUT2D eigenvalue weighted by atomic mass is 10.1. The van der Waals surface area contributed by atoms with Gasteiger partial charge in [0.2, 0.25) is 5.91 Å². The summed E-state index contributed by atoms with van der Waals surface area (Å²) < 4.78 is 65.6. The third-order valence-corrected chi connectivity index (χ3v) is 7.34. The van der Waals surface area contributed by atoms with Gasteiger partial charge in [0, 0.05) is 0 Å². The van der Waals surface area contributed by atoms with E-state index in [1.807, 2.05) is 6.07 Å². The minimum Gasteiger partial charge on any atom is -0.336 e. The molecule has 1 heterocycles. The highest BCUT2D eigenvalue weighted by atomic mass is 32.2. The van der Waals surface area contributed by atoms with E-state index in [4.69, 9.17) is 5.26 Å². The first-order valence-corrected chi connectivity index (χ1v) is 11.6. The molecule has 0 bridgehead atoms. The van der Waals surface area contributed by atoms with E-state index < -0.39 is 45.3 Å². The lowest BCUT2D eigenvalue weighted by molar-refractivity contribution is -0.160. The Kier molecular flexibility index (Phi) is 5.76. The maximum atomic E-state index is 13.6. The number of nitrogens with one attached hydrogen (secondary N) is 2. The predicted molar refractivity (Wildman–Crippen MR) is 97.1 cm³/mol. The summed E-state index contributed by atoms with van der Waals surface area (Å²) in [6.45, 7) is 0. The number of rotatable bonds is 9. The van der Waals surface area contributed by atoms with Crippen LogP contribution >= 0.6 is 11.3 Å². The summed E-state index contributed by atoms with van der Waals surface area (Å²) in [5.41, 5.74) is -1.19. The molecule has 3 rings (SSSR count). The zero-order valence-corrected chi connectivity index (χ0v) is 16.5. The minimum atomic E-state index is -4.72. The molecule has 1 aromatic heterocycles. The Morgan fingerprint density at radius 1 is 1.39 bits per heavy atom. The molecule has 2 N–H and O–H groups in total. The van der Waals surface area contributed by atoms with Gasteiger partial charge in [0.15, 0.2) is 9.84 Å². The number of hydrogen-bond acceptors (Lipinski definition) is 6. The van der Waals surface area contributed by atoms with Crippen LogP contribution in [0, 0.1) is 17.2 Å². The van der Waals surface area contributed by atoms with E-state index >= 15 is 0 Å². The van der Waals surface area contributed by atoms with Crippen molar-refractivity contribution in [3.05, 3.63) is 22.4 Å². The number of sulfone groups is 1. The van der Waals surface area contributed by atoms with Crippen molar-refractivity contribution in [1.29, 1.82) is 5.26 Å². The Morgan fingerprint density at radius 3 is 2.54 bits per heavy atom. The fourth-order valence-electron chi connectivity index (χ4n) is 2.90. The molecule has 6 nitrogen and oxygen atoms in total. The quantitative estimate of drug-likeness (QED) is 0.620. The van der Waals surface area contributed by atoms with Crippen molar-refractivity contribution in [1.82, 2.24) is 10.6 Å². The summed E-state index contributed by atoms with van der Waals surface area (Å²) in [5.74, 6) is -1.77. The third-order valence-electron chi connectivity index (χ3n) is 4.82. The van der Waals surface area contributed by atoms with Gasteiger partial charge in [0.1, 0.15) is 17.6 Å². The first kappa shape index (κ1) is 21.1. The van der Waals surface area contributed by atoms with Gasteiger partial charge in [-0.25, -0.2) is 8.42 Å². The molecule has 2 saturated carbocycles. The molecule has 2 aliphatic carbocycles. The second-order valence-electron chi connectivity index (χ2n) is 7.45. The summed E-state index contributed by atoms with van der Waals surface area (Å²) in [5, 5.41) is 16.5. The molecule has 1 unspecified atom stereocenters. The molecule has 2 atom stereocenters. The fraction of sp³-hybridized carbons (Fsp3) is 0.647. The number of nitrogens with zero attached hydrogens (tertiary/aromatic N) is 1. The lowest BCUT2D eigenvalue weighted by Crippen LogP contribution is -2.54. The van der Waals surface area contributed by atoms with Gasteiger partial charge in [0.05, 0.1) is 17.6 Å². The van der Waals surface area contributed by atoms with Crippen molar-refractivity contribution in [2.45, 2.75) is 49.5 Å². The van der Waals surface area contributed by atoms with Gasteiger partial charge in [-0.05, 0) is 54.0 Å². The van der Waals surface area contributed by atoms with E-state index in [2.05, 4.69) is 10.6 Å². The van der Waals surface area contributed by atoms with Crippen LogP contribution in [-0.2, 0) is 14.6 Å². The molecule has 2 fully saturated rings. The Labute approximate surface area is 165 Å².